The number of carbonyl (C=O) groups excluding carboxylic acids is 1. The van der Waals surface area contributed by atoms with Gasteiger partial charge >= 0.3 is 12.4 Å². The number of nitrogens with one attached hydrogen (secondary N) is 1. The second-order valence-electron chi connectivity index (χ2n) is 6.12. The Balaban J connectivity index is 2.37. The number of anilines is 1. The predicted molar refractivity (Wildman–Crippen MR) is 89.0 cm³/mol. The molecule has 1 amide bonds. The third kappa shape index (κ3) is 3.18. The van der Waals surface area contributed by atoms with Gasteiger partial charge in [0.25, 0.3) is 0 Å². The molecule has 1 N–H and O–H groups in total. The first-order chi connectivity index (χ1) is 10.0. The Kier molecular flexibility index (Phi) is 5.15. The Bertz CT molecular complexity index is 516. The molecule has 0 aromatic carbocycles. The first-order valence-electron chi connectivity index (χ1n) is 8.00. The molecule has 1 aliphatic heterocycles. The summed E-state index contributed by atoms with van der Waals surface area (Å²) < 4.78 is 1.61. The monoisotopic (exact) mass is 309 g/mol. The zero-order valence-electron chi connectivity index (χ0n) is 13.2. The quantitative estimate of drug-likeness (QED) is 0.637. The van der Waals surface area contributed by atoms with E-state index in [0.29, 0.717) is 5.02 Å². The van der Waals surface area contributed by atoms with E-state index in [1.807, 2.05) is 24.0 Å². The molecule has 1 aromatic heterocycles. The molecule has 0 saturated heterocycles. The minimum atomic E-state index is -1.05. The minimum Gasteiger partial charge on any atom is -0.460 e. The van der Waals surface area contributed by atoms with Gasteiger partial charge in [0.05, 0.1) is 11.2 Å². The maximum absolute atomic E-state index is 12.7. The van der Waals surface area contributed by atoms with Gasteiger partial charge in [0, 0.05) is 13.1 Å². The summed E-state index contributed by atoms with van der Waals surface area (Å²) in [6.07, 6.45) is 7.22. The maximum atomic E-state index is 12.7. The van der Waals surface area contributed by atoms with Gasteiger partial charge in [-0.05, 0) is 6.07 Å². The molecular formula is C15H25BClN3O. The summed E-state index contributed by atoms with van der Waals surface area (Å²) >= 11 is 6.01. The zero-order chi connectivity index (χ0) is 15.5. The number of pyridine rings is 1. The summed E-state index contributed by atoms with van der Waals surface area (Å²) in [5.74, 6) is 0.856. The number of fused-ring (bicyclic) bond motifs is 1. The van der Waals surface area contributed by atoms with Gasteiger partial charge in [-0.25, -0.2) is 4.79 Å². The van der Waals surface area contributed by atoms with Crippen molar-refractivity contribution in [1.29, 1.82) is 0 Å². The first-order valence-corrected chi connectivity index (χ1v) is 8.37. The van der Waals surface area contributed by atoms with E-state index in [-0.39, 0.29) is 6.03 Å². The highest BCUT2D eigenvalue weighted by molar-refractivity contribution is 6.82. The predicted octanol–water partition coefficient (Wildman–Crippen LogP) is 4.00. The number of rotatable bonds is 6. The molecule has 21 heavy (non-hydrogen) atoms. The normalized spacial score (nSPS) is 16.6. The number of hydrogen-bond acceptors (Lipinski definition) is 2. The number of unbranched alkanes of at least 4 members (excludes halogenated alkanes) is 2. The van der Waals surface area contributed by atoms with Crippen LogP contribution in [0.1, 0.15) is 39.5 Å². The average molecular weight is 310 g/mol. The smallest absolute Gasteiger partial charge is 0.401 e. The van der Waals surface area contributed by atoms with Gasteiger partial charge in [0.2, 0.25) is 0 Å². The Morgan fingerprint density at radius 1 is 1.24 bits per heavy atom. The van der Waals surface area contributed by atoms with E-state index in [0.717, 1.165) is 44.1 Å². The molecule has 0 fully saturated rings. The Hall–Kier alpha value is -1.23. The zero-order valence-corrected chi connectivity index (χ0v) is 14.0. The van der Waals surface area contributed by atoms with Crippen LogP contribution in [-0.2, 0) is 0 Å². The van der Waals surface area contributed by atoms with Gasteiger partial charge in [0.1, 0.15) is 0 Å². The van der Waals surface area contributed by atoms with Crippen LogP contribution >= 0.6 is 11.6 Å². The molecule has 0 bridgehead atoms. The van der Waals surface area contributed by atoms with Crippen LogP contribution in [0.4, 0.5) is 10.6 Å². The van der Waals surface area contributed by atoms with Gasteiger partial charge in [-0.2, -0.15) is 4.57 Å². The number of aromatic nitrogens is 1. The molecule has 4 nitrogen and oxygen atoms in total. The summed E-state index contributed by atoms with van der Waals surface area (Å²) in [4.78, 5) is 14.6. The summed E-state index contributed by atoms with van der Waals surface area (Å²) in [6, 6.07) is 3.75. The van der Waals surface area contributed by atoms with Crippen molar-refractivity contribution >= 4 is 29.9 Å². The average Bonchev–Trinajstić information content (AvgIpc) is 2.49. The van der Waals surface area contributed by atoms with Crippen molar-refractivity contribution in [3.63, 3.8) is 0 Å². The van der Waals surface area contributed by atoms with Gasteiger partial charge in [-0.1, -0.05) is 51.1 Å². The number of amides is 1. The third-order valence-electron chi connectivity index (χ3n) is 4.65. The second-order valence-corrected chi connectivity index (χ2v) is 6.55. The second kappa shape index (κ2) is 6.69. The standard InChI is InChI=1S/C15H24BClN3O/c1-4-6-10-16(11-7-5-2)18-14-9-8-13(17)12-20(14)15(21)19(16)3/h8-9,12H,4-7,10-11H2,1-3H3/q-1/p+1. The lowest BCUT2D eigenvalue weighted by molar-refractivity contribution is -0.562. The fourth-order valence-electron chi connectivity index (χ4n) is 3.26. The Morgan fingerprint density at radius 3 is 2.43 bits per heavy atom. The molecule has 0 spiro atoms. The fourth-order valence-corrected chi connectivity index (χ4v) is 3.42. The van der Waals surface area contributed by atoms with Crippen molar-refractivity contribution in [3.8, 4) is 0 Å². The van der Waals surface area contributed by atoms with Crippen molar-refractivity contribution < 1.29 is 9.36 Å². The van der Waals surface area contributed by atoms with Gasteiger partial charge in [0.15, 0.2) is 5.82 Å². The molecule has 0 radical (unpaired) electrons. The summed E-state index contributed by atoms with van der Waals surface area (Å²) in [5.41, 5.74) is 0. The molecule has 2 heterocycles. The molecular weight excluding hydrogens is 284 g/mol. The highest BCUT2D eigenvalue weighted by Gasteiger charge is 2.44. The van der Waals surface area contributed by atoms with E-state index in [1.165, 1.54) is 0 Å². The van der Waals surface area contributed by atoms with E-state index in [1.54, 1.807) is 10.8 Å². The van der Waals surface area contributed by atoms with Gasteiger partial charge in [-0.3, -0.25) is 0 Å². The van der Waals surface area contributed by atoms with Crippen molar-refractivity contribution in [2.75, 3.05) is 12.3 Å². The lowest BCUT2D eigenvalue weighted by atomic mass is 9.38. The first kappa shape index (κ1) is 16.2. The number of nitrogens with zero attached hydrogens (tertiary/aromatic N) is 2. The van der Waals surface area contributed by atoms with Crippen molar-refractivity contribution in [2.24, 2.45) is 0 Å². The van der Waals surface area contributed by atoms with Crippen molar-refractivity contribution in [3.05, 3.63) is 23.4 Å². The van der Waals surface area contributed by atoms with Crippen LogP contribution in [0.2, 0.25) is 17.7 Å². The van der Waals surface area contributed by atoms with E-state index in [4.69, 9.17) is 11.6 Å². The Morgan fingerprint density at radius 2 is 1.86 bits per heavy atom. The molecule has 1 aliphatic rings. The van der Waals surface area contributed by atoms with E-state index < -0.39 is 6.42 Å². The van der Waals surface area contributed by atoms with Crippen LogP contribution in [0, 0.1) is 0 Å². The van der Waals surface area contributed by atoms with Gasteiger partial charge < -0.3 is 10.0 Å². The highest BCUT2D eigenvalue weighted by atomic mass is 35.5. The lowest BCUT2D eigenvalue weighted by Gasteiger charge is -2.46. The molecule has 0 aliphatic carbocycles. The number of carbonyl (C=O) groups is 1. The fraction of sp³-hybridized carbons (Fsp3) is 0.600. The van der Waals surface area contributed by atoms with Crippen molar-refractivity contribution in [2.45, 2.75) is 52.2 Å². The Labute approximate surface area is 132 Å². The summed E-state index contributed by atoms with van der Waals surface area (Å²) in [6.45, 7) is 4.38. The molecule has 1 aromatic rings. The van der Waals surface area contributed by atoms with E-state index in [2.05, 4.69) is 19.1 Å². The summed E-state index contributed by atoms with van der Waals surface area (Å²) in [7, 11) is 1.91. The van der Waals surface area contributed by atoms with Crippen molar-refractivity contribution in [1.82, 2.24) is 4.81 Å². The highest BCUT2D eigenvalue weighted by Crippen LogP contribution is 2.29. The van der Waals surface area contributed by atoms with Crippen LogP contribution in [-0.4, -0.2) is 24.3 Å². The summed E-state index contributed by atoms with van der Waals surface area (Å²) in [5, 5.41) is 4.23. The third-order valence-corrected chi connectivity index (χ3v) is 4.87. The SMILES string of the molecule is CCCC[B-]1(CCCC)Nc2ccc(Cl)c[n+]2C(=O)N1C. The molecule has 6 heteroatoms. The minimum absolute atomic E-state index is 0.0125. The molecule has 2 rings (SSSR count). The lowest BCUT2D eigenvalue weighted by Crippen LogP contribution is -2.72. The van der Waals surface area contributed by atoms with Crippen LogP contribution in [0.25, 0.3) is 0 Å². The van der Waals surface area contributed by atoms with Crippen LogP contribution < -0.4 is 9.79 Å². The molecule has 0 atom stereocenters. The largest absolute Gasteiger partial charge is 0.460 e. The van der Waals surface area contributed by atoms with E-state index in [9.17, 15) is 4.79 Å². The van der Waals surface area contributed by atoms with Crippen LogP contribution in [0.5, 0.6) is 0 Å². The van der Waals surface area contributed by atoms with Gasteiger partial charge in [-0.15, -0.1) is 12.6 Å². The van der Waals surface area contributed by atoms with Crippen LogP contribution in [0.3, 0.4) is 0 Å². The number of hydrogen-bond donors (Lipinski definition) is 1. The molecule has 0 unspecified atom stereocenters. The number of halogens is 1. The topological polar surface area (TPSA) is 36.2 Å². The molecule has 0 saturated carbocycles. The molecule has 116 valence electrons. The van der Waals surface area contributed by atoms with E-state index >= 15 is 0 Å². The maximum Gasteiger partial charge on any atom is 0.401 e. The van der Waals surface area contributed by atoms with Crippen LogP contribution in [0.15, 0.2) is 18.3 Å².